The van der Waals surface area contributed by atoms with Crippen LogP contribution in [0.15, 0.2) is 35.4 Å². The van der Waals surface area contributed by atoms with Crippen LogP contribution in [0.4, 0.5) is 5.69 Å². The molecule has 6 nitrogen and oxygen atoms in total. The summed E-state index contributed by atoms with van der Waals surface area (Å²) < 4.78 is 29.5. The van der Waals surface area contributed by atoms with Crippen LogP contribution in [0.1, 0.15) is 31.0 Å². The molecule has 1 fully saturated rings. The molecule has 1 aliphatic heterocycles. The summed E-state index contributed by atoms with van der Waals surface area (Å²) in [4.78, 5) is 2.60. The first-order valence-electron chi connectivity index (χ1n) is 8.69. The zero-order valence-electron chi connectivity index (χ0n) is 15.1. The number of anilines is 1. The average molecular weight is 362 g/mol. The lowest BCUT2D eigenvalue weighted by atomic mass is 9.99. The number of rotatable bonds is 5. The summed E-state index contributed by atoms with van der Waals surface area (Å²) in [5, 5.41) is 4.12. The highest BCUT2D eigenvalue weighted by Crippen LogP contribution is 2.26. The molecule has 0 saturated carbocycles. The first-order valence-corrected chi connectivity index (χ1v) is 10.2. The van der Waals surface area contributed by atoms with Crippen LogP contribution >= 0.6 is 0 Å². The molecule has 1 unspecified atom stereocenters. The Morgan fingerprint density at radius 1 is 1.32 bits per heavy atom. The molecule has 1 N–H and O–H groups in total. The molecule has 1 aliphatic rings. The van der Waals surface area contributed by atoms with Crippen LogP contribution in [-0.2, 0) is 23.6 Å². The molecule has 1 aromatic carbocycles. The monoisotopic (exact) mass is 362 g/mol. The van der Waals surface area contributed by atoms with Gasteiger partial charge in [-0.25, -0.2) is 13.1 Å². The average Bonchev–Trinajstić information content (AvgIpc) is 2.93. The molecule has 1 aromatic heterocycles. The van der Waals surface area contributed by atoms with Gasteiger partial charge in [-0.2, -0.15) is 5.10 Å². The van der Waals surface area contributed by atoms with Crippen molar-refractivity contribution in [3.63, 3.8) is 0 Å². The van der Waals surface area contributed by atoms with E-state index >= 15 is 0 Å². The molecule has 0 spiro atoms. The molecule has 1 atom stereocenters. The number of benzene rings is 1. The third kappa shape index (κ3) is 4.04. The zero-order chi connectivity index (χ0) is 18.0. The number of piperidine rings is 1. The molecule has 136 valence electrons. The third-order valence-corrected chi connectivity index (χ3v) is 6.20. The van der Waals surface area contributed by atoms with Crippen LogP contribution in [0, 0.1) is 12.8 Å². The van der Waals surface area contributed by atoms with Gasteiger partial charge in [0.2, 0.25) is 10.0 Å². The first kappa shape index (κ1) is 17.9. The Kier molecular flexibility index (Phi) is 5.15. The number of nitrogens with one attached hydrogen (secondary N) is 1. The Morgan fingerprint density at radius 3 is 2.76 bits per heavy atom. The quantitative estimate of drug-likeness (QED) is 0.887. The number of aromatic nitrogens is 2. The number of para-hydroxylation sites is 1. The van der Waals surface area contributed by atoms with Crippen LogP contribution in [0.2, 0.25) is 0 Å². The van der Waals surface area contributed by atoms with Gasteiger partial charge in [0.15, 0.2) is 0 Å². The van der Waals surface area contributed by atoms with E-state index < -0.39 is 10.0 Å². The van der Waals surface area contributed by atoms with Gasteiger partial charge in [-0.3, -0.25) is 4.68 Å². The molecule has 0 aliphatic carbocycles. The van der Waals surface area contributed by atoms with E-state index in [4.69, 9.17) is 0 Å². The molecule has 0 amide bonds. The second-order valence-electron chi connectivity index (χ2n) is 6.90. The minimum Gasteiger partial charge on any atom is -0.371 e. The van der Waals surface area contributed by atoms with Crippen molar-refractivity contribution in [1.82, 2.24) is 14.5 Å². The summed E-state index contributed by atoms with van der Waals surface area (Å²) in [6.07, 6.45) is 3.97. The van der Waals surface area contributed by atoms with Gasteiger partial charge in [0.05, 0.1) is 5.69 Å². The SMILES string of the molecule is Cc1nn(C)cc1S(=O)(=O)NCc1ccccc1N1CCCC(C)C1. The number of sulfonamides is 1. The maximum atomic E-state index is 12.6. The molecular formula is C18H26N4O2S. The molecule has 25 heavy (non-hydrogen) atoms. The van der Waals surface area contributed by atoms with Crippen molar-refractivity contribution < 1.29 is 8.42 Å². The largest absolute Gasteiger partial charge is 0.371 e. The number of hydrogen-bond acceptors (Lipinski definition) is 4. The Morgan fingerprint density at radius 2 is 2.08 bits per heavy atom. The first-order chi connectivity index (χ1) is 11.9. The fraction of sp³-hybridized carbons (Fsp3) is 0.500. The summed E-state index contributed by atoms with van der Waals surface area (Å²) in [7, 11) is -1.86. The molecule has 0 bridgehead atoms. The number of aryl methyl sites for hydroxylation is 2. The highest BCUT2D eigenvalue weighted by molar-refractivity contribution is 7.89. The van der Waals surface area contributed by atoms with E-state index in [9.17, 15) is 8.42 Å². The van der Waals surface area contributed by atoms with Gasteiger partial charge in [0.1, 0.15) is 4.90 Å². The lowest BCUT2D eigenvalue weighted by Gasteiger charge is -2.34. The van der Waals surface area contributed by atoms with Crippen molar-refractivity contribution >= 4 is 15.7 Å². The molecule has 1 saturated heterocycles. The summed E-state index contributed by atoms with van der Waals surface area (Å²) in [5.74, 6) is 0.663. The minimum absolute atomic E-state index is 0.235. The van der Waals surface area contributed by atoms with Crippen LogP contribution in [-0.4, -0.2) is 31.3 Å². The molecule has 2 aromatic rings. The number of hydrogen-bond donors (Lipinski definition) is 1. The molecule has 2 heterocycles. The smallest absolute Gasteiger partial charge is 0.244 e. The highest BCUT2D eigenvalue weighted by atomic mass is 32.2. The van der Waals surface area contributed by atoms with Crippen molar-refractivity contribution in [3.05, 3.63) is 41.7 Å². The van der Waals surface area contributed by atoms with E-state index in [1.807, 2.05) is 18.2 Å². The second-order valence-corrected chi connectivity index (χ2v) is 8.63. The minimum atomic E-state index is -3.58. The Balaban J connectivity index is 1.78. The summed E-state index contributed by atoms with van der Waals surface area (Å²) >= 11 is 0. The lowest BCUT2D eigenvalue weighted by Crippen LogP contribution is -2.35. The number of nitrogens with zero attached hydrogens (tertiary/aromatic N) is 3. The van der Waals surface area contributed by atoms with E-state index in [0.717, 1.165) is 24.3 Å². The zero-order valence-corrected chi connectivity index (χ0v) is 15.9. The molecular weight excluding hydrogens is 336 g/mol. The van der Waals surface area contributed by atoms with Crippen LogP contribution < -0.4 is 9.62 Å². The van der Waals surface area contributed by atoms with E-state index in [-0.39, 0.29) is 11.4 Å². The van der Waals surface area contributed by atoms with Gasteiger partial charge in [-0.1, -0.05) is 25.1 Å². The molecule has 0 radical (unpaired) electrons. The van der Waals surface area contributed by atoms with Crippen molar-refractivity contribution in [1.29, 1.82) is 0 Å². The van der Waals surface area contributed by atoms with Crippen molar-refractivity contribution in [3.8, 4) is 0 Å². The topological polar surface area (TPSA) is 67.2 Å². The maximum absolute atomic E-state index is 12.6. The van der Waals surface area contributed by atoms with E-state index in [2.05, 4.69) is 27.7 Å². The van der Waals surface area contributed by atoms with E-state index in [0.29, 0.717) is 11.6 Å². The summed E-state index contributed by atoms with van der Waals surface area (Å²) in [5.41, 5.74) is 2.63. The predicted molar refractivity (Wildman–Crippen MR) is 99.0 cm³/mol. The molecule has 3 rings (SSSR count). The summed E-state index contributed by atoms with van der Waals surface area (Å²) in [6.45, 7) is 6.29. The van der Waals surface area contributed by atoms with Gasteiger partial charge < -0.3 is 4.90 Å². The highest BCUT2D eigenvalue weighted by Gasteiger charge is 2.22. The second kappa shape index (κ2) is 7.17. The van der Waals surface area contributed by atoms with Crippen LogP contribution in [0.5, 0.6) is 0 Å². The standard InChI is InChI=1S/C18H26N4O2S/c1-14-7-6-10-22(12-14)17-9-5-4-8-16(17)11-19-25(23,24)18-13-21(3)20-15(18)2/h4-5,8-9,13-14,19H,6-7,10-12H2,1-3H3. The third-order valence-electron chi connectivity index (χ3n) is 4.70. The Labute approximate surface area is 149 Å². The van der Waals surface area contributed by atoms with Gasteiger partial charge in [0.25, 0.3) is 0 Å². The fourth-order valence-electron chi connectivity index (χ4n) is 3.47. The van der Waals surface area contributed by atoms with Crippen LogP contribution in [0.3, 0.4) is 0 Å². The van der Waals surface area contributed by atoms with Crippen LogP contribution in [0.25, 0.3) is 0 Å². The Hall–Kier alpha value is -1.86. The van der Waals surface area contributed by atoms with Gasteiger partial charge in [0, 0.05) is 38.6 Å². The van der Waals surface area contributed by atoms with Crippen molar-refractivity contribution in [2.75, 3.05) is 18.0 Å². The van der Waals surface area contributed by atoms with Gasteiger partial charge >= 0.3 is 0 Å². The Bertz CT molecular complexity index is 845. The fourth-order valence-corrected chi connectivity index (χ4v) is 4.69. The van der Waals surface area contributed by atoms with Gasteiger partial charge in [-0.05, 0) is 37.3 Å². The predicted octanol–water partition coefficient (Wildman–Crippen LogP) is 2.44. The normalized spacial score (nSPS) is 18.5. The van der Waals surface area contributed by atoms with E-state index in [1.165, 1.54) is 23.7 Å². The van der Waals surface area contributed by atoms with Crippen molar-refractivity contribution in [2.24, 2.45) is 13.0 Å². The molecule has 7 heteroatoms. The summed E-state index contributed by atoms with van der Waals surface area (Å²) in [6, 6.07) is 8.04. The van der Waals surface area contributed by atoms with E-state index in [1.54, 1.807) is 14.0 Å². The lowest BCUT2D eigenvalue weighted by molar-refractivity contribution is 0.446. The van der Waals surface area contributed by atoms with Crippen molar-refractivity contribution in [2.45, 2.75) is 38.1 Å². The maximum Gasteiger partial charge on any atom is 0.244 e. The van der Waals surface area contributed by atoms with Gasteiger partial charge in [-0.15, -0.1) is 0 Å².